The summed E-state index contributed by atoms with van der Waals surface area (Å²) in [6.07, 6.45) is 2.95. The van der Waals surface area contributed by atoms with Gasteiger partial charge in [0.05, 0.1) is 16.4 Å². The van der Waals surface area contributed by atoms with Crippen LogP contribution in [0, 0.1) is 0 Å². The van der Waals surface area contributed by atoms with Crippen molar-refractivity contribution in [3.8, 4) is 0 Å². The van der Waals surface area contributed by atoms with Gasteiger partial charge in [-0.05, 0) is 23.4 Å². The minimum atomic E-state index is 0.416. The van der Waals surface area contributed by atoms with E-state index in [-0.39, 0.29) is 0 Å². The fourth-order valence-electron chi connectivity index (χ4n) is 1.89. The normalized spacial score (nSPS) is 24.1. The maximum atomic E-state index is 3.88. The van der Waals surface area contributed by atoms with Crippen LogP contribution in [0.5, 0.6) is 0 Å². The van der Waals surface area contributed by atoms with Crippen molar-refractivity contribution in [1.82, 2.24) is 9.59 Å². The van der Waals surface area contributed by atoms with Crippen LogP contribution in [0.4, 0.5) is 5.00 Å². The third-order valence-corrected chi connectivity index (χ3v) is 5.53. The highest BCUT2D eigenvalue weighted by molar-refractivity contribution is 8.01. The van der Waals surface area contributed by atoms with Crippen molar-refractivity contribution in [2.75, 3.05) is 5.32 Å². The Labute approximate surface area is 106 Å². The van der Waals surface area contributed by atoms with Gasteiger partial charge in [-0.2, -0.15) is 0 Å². The lowest BCUT2D eigenvalue weighted by molar-refractivity contribution is 0.671. The van der Waals surface area contributed by atoms with Crippen LogP contribution < -0.4 is 5.32 Å². The largest absolute Gasteiger partial charge is 0.367 e. The second-order valence-corrected chi connectivity index (χ2v) is 7.22. The number of aromatic nitrogens is 2. The van der Waals surface area contributed by atoms with Crippen molar-refractivity contribution in [1.29, 1.82) is 0 Å². The van der Waals surface area contributed by atoms with Gasteiger partial charge in [0, 0.05) is 16.8 Å². The van der Waals surface area contributed by atoms with Crippen molar-refractivity contribution in [3.05, 3.63) is 23.2 Å². The van der Waals surface area contributed by atoms with Gasteiger partial charge in [-0.3, -0.25) is 0 Å². The Hall–Kier alpha value is -0.590. The molecule has 0 bridgehead atoms. The Morgan fingerprint density at radius 2 is 2.44 bits per heavy atom. The van der Waals surface area contributed by atoms with Crippen molar-refractivity contribution in [2.24, 2.45) is 0 Å². The molecular weight excluding hydrogens is 258 g/mol. The molecule has 2 aromatic heterocycles. The molecule has 1 aliphatic heterocycles. The predicted molar refractivity (Wildman–Crippen MR) is 70.5 cm³/mol. The molecule has 2 aromatic rings. The molecule has 3 heterocycles. The molecule has 0 saturated heterocycles. The molecule has 3 nitrogen and oxygen atoms in total. The summed E-state index contributed by atoms with van der Waals surface area (Å²) < 4.78 is 5.33. The summed E-state index contributed by atoms with van der Waals surface area (Å²) in [6, 6.07) is 2.64. The predicted octanol–water partition coefficient (Wildman–Crippen LogP) is 3.64. The minimum absolute atomic E-state index is 0.416. The summed E-state index contributed by atoms with van der Waals surface area (Å²) >= 11 is 5.25. The molecular formula is C10H11N3S3. The summed E-state index contributed by atoms with van der Waals surface area (Å²) in [6.45, 7) is 2.28. The number of hydrogen-bond donors (Lipinski definition) is 1. The minimum Gasteiger partial charge on any atom is -0.367 e. The van der Waals surface area contributed by atoms with Crippen molar-refractivity contribution < 1.29 is 0 Å². The summed E-state index contributed by atoms with van der Waals surface area (Å²) in [5.74, 6) is 0. The first-order valence-corrected chi connectivity index (χ1v) is 7.64. The van der Waals surface area contributed by atoms with Gasteiger partial charge in [0.15, 0.2) is 0 Å². The van der Waals surface area contributed by atoms with Crippen LogP contribution in [-0.2, 0) is 0 Å². The lowest BCUT2D eigenvalue weighted by Crippen LogP contribution is -2.18. The smallest absolute Gasteiger partial charge is 0.130 e. The Bertz CT molecular complexity index is 465. The Kier molecular flexibility index (Phi) is 2.87. The van der Waals surface area contributed by atoms with Crippen molar-refractivity contribution in [2.45, 2.75) is 28.8 Å². The van der Waals surface area contributed by atoms with Gasteiger partial charge in [-0.1, -0.05) is 11.4 Å². The molecule has 3 rings (SSSR count). The SMILES string of the molecule is C[C@H]1CC(Nc2cnns2)c2ccsc2S1. The first kappa shape index (κ1) is 10.6. The lowest BCUT2D eigenvalue weighted by Gasteiger charge is -2.27. The molecule has 0 radical (unpaired) electrons. The first-order valence-electron chi connectivity index (χ1n) is 5.11. The van der Waals surface area contributed by atoms with Gasteiger partial charge in [0.1, 0.15) is 5.00 Å². The first-order chi connectivity index (χ1) is 7.83. The van der Waals surface area contributed by atoms with Crippen LogP contribution in [0.2, 0.25) is 0 Å². The molecule has 2 atom stereocenters. The number of nitrogens with zero attached hydrogens (tertiary/aromatic N) is 2. The number of fused-ring (bicyclic) bond motifs is 1. The number of rotatable bonds is 2. The standard InChI is InChI=1S/C10H11N3S3/c1-6-4-8(12-9-5-11-13-16-9)7-2-3-14-10(7)15-6/h2-3,5-6,8,12H,4H2,1H3/t6-,8?/m0/s1. The van der Waals surface area contributed by atoms with E-state index >= 15 is 0 Å². The van der Waals surface area contributed by atoms with E-state index in [1.165, 1.54) is 21.3 Å². The van der Waals surface area contributed by atoms with Crippen LogP contribution in [0.25, 0.3) is 0 Å². The van der Waals surface area contributed by atoms with Gasteiger partial charge in [0.2, 0.25) is 0 Å². The molecule has 84 valence electrons. The maximum absolute atomic E-state index is 3.88. The number of anilines is 1. The molecule has 0 aromatic carbocycles. The van der Waals surface area contributed by atoms with E-state index in [2.05, 4.69) is 33.3 Å². The average Bonchev–Trinajstić information content (AvgIpc) is 2.87. The van der Waals surface area contributed by atoms with Crippen LogP contribution >= 0.6 is 34.6 Å². The van der Waals surface area contributed by atoms with Crippen LogP contribution in [-0.4, -0.2) is 14.8 Å². The van der Waals surface area contributed by atoms with E-state index in [9.17, 15) is 0 Å². The zero-order chi connectivity index (χ0) is 11.0. The fraction of sp³-hybridized carbons (Fsp3) is 0.400. The van der Waals surface area contributed by atoms with Gasteiger partial charge in [-0.15, -0.1) is 28.2 Å². The lowest BCUT2D eigenvalue weighted by atomic mass is 10.1. The number of thiophene rings is 1. The van der Waals surface area contributed by atoms with Gasteiger partial charge < -0.3 is 5.32 Å². The third-order valence-electron chi connectivity index (χ3n) is 2.59. The molecule has 1 unspecified atom stereocenters. The second-order valence-electron chi connectivity index (χ2n) is 3.81. The number of nitrogens with one attached hydrogen (secondary N) is 1. The van der Waals surface area contributed by atoms with E-state index in [0.717, 1.165) is 11.4 Å². The summed E-state index contributed by atoms with van der Waals surface area (Å²) in [7, 11) is 0. The molecule has 0 aliphatic carbocycles. The highest BCUT2D eigenvalue weighted by atomic mass is 32.2. The molecule has 16 heavy (non-hydrogen) atoms. The summed E-state index contributed by atoms with van der Waals surface area (Å²) in [4.78, 5) is 0. The molecule has 6 heteroatoms. The Morgan fingerprint density at radius 3 is 3.25 bits per heavy atom. The molecule has 0 saturated carbocycles. The topological polar surface area (TPSA) is 37.8 Å². The molecule has 0 spiro atoms. The van der Waals surface area contributed by atoms with Gasteiger partial charge in [0.25, 0.3) is 0 Å². The Balaban J connectivity index is 1.86. The van der Waals surface area contributed by atoms with E-state index in [0.29, 0.717) is 11.3 Å². The highest BCUT2D eigenvalue weighted by Gasteiger charge is 2.26. The fourth-order valence-corrected chi connectivity index (χ4v) is 4.93. The summed E-state index contributed by atoms with van der Waals surface area (Å²) in [5, 5.41) is 11.3. The highest BCUT2D eigenvalue weighted by Crippen LogP contribution is 2.44. The zero-order valence-electron chi connectivity index (χ0n) is 8.71. The van der Waals surface area contributed by atoms with E-state index in [1.54, 1.807) is 6.20 Å². The number of hydrogen-bond acceptors (Lipinski definition) is 6. The second kappa shape index (κ2) is 4.35. The van der Waals surface area contributed by atoms with Crippen LogP contribution in [0.3, 0.4) is 0 Å². The van der Waals surface area contributed by atoms with E-state index < -0.39 is 0 Å². The zero-order valence-corrected chi connectivity index (χ0v) is 11.2. The van der Waals surface area contributed by atoms with E-state index in [1.807, 2.05) is 23.1 Å². The monoisotopic (exact) mass is 269 g/mol. The van der Waals surface area contributed by atoms with Gasteiger partial charge in [-0.25, -0.2) is 0 Å². The van der Waals surface area contributed by atoms with Crippen molar-refractivity contribution in [3.63, 3.8) is 0 Å². The van der Waals surface area contributed by atoms with Crippen LogP contribution in [0.15, 0.2) is 21.9 Å². The number of thioether (sulfide) groups is 1. The van der Waals surface area contributed by atoms with Crippen molar-refractivity contribution >= 4 is 39.6 Å². The molecule has 0 amide bonds. The molecule has 1 N–H and O–H groups in total. The average molecular weight is 269 g/mol. The molecule has 1 aliphatic rings. The van der Waals surface area contributed by atoms with E-state index in [4.69, 9.17) is 0 Å². The quantitative estimate of drug-likeness (QED) is 0.903. The maximum Gasteiger partial charge on any atom is 0.130 e. The summed E-state index contributed by atoms with van der Waals surface area (Å²) in [5.41, 5.74) is 1.43. The van der Waals surface area contributed by atoms with Crippen LogP contribution in [0.1, 0.15) is 24.9 Å². The molecule has 0 fully saturated rings. The van der Waals surface area contributed by atoms with Gasteiger partial charge >= 0.3 is 0 Å². The third kappa shape index (κ3) is 1.97. The Morgan fingerprint density at radius 1 is 1.50 bits per heavy atom.